The molecule has 1 aromatic heterocycles. The molecule has 0 atom stereocenters. The van der Waals surface area contributed by atoms with Crippen molar-refractivity contribution in [2.75, 3.05) is 7.11 Å². The number of carbonyl (C=O) groups is 1. The number of methoxy groups -OCH3 is 1. The fraction of sp³-hybridized carbons (Fsp3) is 0.300. The first-order valence-corrected chi connectivity index (χ1v) is 4.44. The van der Waals surface area contributed by atoms with Crippen molar-refractivity contribution < 1.29 is 22.7 Å². The van der Waals surface area contributed by atoms with E-state index in [4.69, 9.17) is 5.26 Å². The molecular formula is C10H7F3N2O2. The summed E-state index contributed by atoms with van der Waals surface area (Å²) in [6.45, 7) is 0. The lowest BCUT2D eigenvalue weighted by Crippen LogP contribution is -2.10. The number of alkyl halides is 2. The second kappa shape index (κ2) is 5.30. The van der Waals surface area contributed by atoms with E-state index in [9.17, 15) is 18.0 Å². The van der Waals surface area contributed by atoms with Crippen molar-refractivity contribution >= 4 is 5.97 Å². The Bertz CT molecular complexity index is 483. The highest BCUT2D eigenvalue weighted by atomic mass is 19.3. The zero-order chi connectivity index (χ0) is 13.0. The van der Waals surface area contributed by atoms with E-state index in [0.29, 0.717) is 6.07 Å². The Morgan fingerprint density at radius 3 is 2.76 bits per heavy atom. The average molecular weight is 244 g/mol. The molecule has 4 nitrogen and oxygen atoms in total. The van der Waals surface area contributed by atoms with E-state index in [-0.39, 0.29) is 5.56 Å². The Morgan fingerprint density at radius 2 is 2.29 bits per heavy atom. The van der Waals surface area contributed by atoms with Gasteiger partial charge in [-0.2, -0.15) is 9.65 Å². The fourth-order valence-corrected chi connectivity index (χ4v) is 1.28. The number of nitriles is 1. The van der Waals surface area contributed by atoms with Crippen LogP contribution < -0.4 is 0 Å². The molecule has 1 aromatic rings. The van der Waals surface area contributed by atoms with Crippen LogP contribution in [0.1, 0.15) is 23.2 Å². The minimum atomic E-state index is -3.02. The molecule has 7 heteroatoms. The number of nitrogens with zero attached hydrogens (tertiary/aromatic N) is 2. The Kier molecular flexibility index (Phi) is 4.04. The summed E-state index contributed by atoms with van der Waals surface area (Å²) in [7, 11) is 1.08. The normalized spacial score (nSPS) is 10.1. The van der Waals surface area contributed by atoms with E-state index in [1.165, 1.54) is 6.07 Å². The largest absolute Gasteiger partial charge is 0.469 e. The predicted molar refractivity (Wildman–Crippen MR) is 49.6 cm³/mol. The zero-order valence-electron chi connectivity index (χ0n) is 8.71. The molecule has 0 bridgehead atoms. The van der Waals surface area contributed by atoms with E-state index >= 15 is 0 Å². The van der Waals surface area contributed by atoms with Gasteiger partial charge in [0.1, 0.15) is 6.07 Å². The lowest BCUT2D eigenvalue weighted by atomic mass is 10.0. The Balaban J connectivity index is 3.31. The second-order valence-electron chi connectivity index (χ2n) is 3.03. The van der Waals surface area contributed by atoms with Gasteiger partial charge in [0.25, 0.3) is 6.43 Å². The number of hydrogen-bond acceptors (Lipinski definition) is 4. The summed E-state index contributed by atoms with van der Waals surface area (Å²) in [4.78, 5) is 14.0. The van der Waals surface area contributed by atoms with Crippen LogP contribution >= 0.6 is 0 Å². The zero-order valence-corrected chi connectivity index (χ0v) is 8.71. The summed E-state index contributed by atoms with van der Waals surface area (Å²) in [5.74, 6) is -1.90. The molecule has 0 saturated heterocycles. The van der Waals surface area contributed by atoms with Crippen LogP contribution in [0.15, 0.2) is 6.07 Å². The number of ether oxygens (including phenoxy) is 1. The first kappa shape index (κ1) is 13.0. The number of hydrogen-bond donors (Lipinski definition) is 0. The van der Waals surface area contributed by atoms with Gasteiger partial charge in [-0.05, 0) is 11.6 Å². The molecule has 90 valence electrons. The molecular weight excluding hydrogens is 237 g/mol. The van der Waals surface area contributed by atoms with E-state index in [2.05, 4.69) is 9.72 Å². The third-order valence-electron chi connectivity index (χ3n) is 2.00. The van der Waals surface area contributed by atoms with Gasteiger partial charge in [0.05, 0.1) is 19.1 Å². The first-order valence-electron chi connectivity index (χ1n) is 4.44. The van der Waals surface area contributed by atoms with Crippen LogP contribution in [0.5, 0.6) is 0 Å². The number of halogens is 3. The minimum Gasteiger partial charge on any atom is -0.469 e. The average Bonchev–Trinajstić information content (AvgIpc) is 2.27. The van der Waals surface area contributed by atoms with Crippen molar-refractivity contribution in [1.82, 2.24) is 4.98 Å². The third kappa shape index (κ3) is 2.93. The van der Waals surface area contributed by atoms with Crippen LogP contribution in [0, 0.1) is 17.3 Å². The fourth-order valence-electron chi connectivity index (χ4n) is 1.28. The van der Waals surface area contributed by atoms with Crippen molar-refractivity contribution in [2.24, 2.45) is 0 Å². The molecule has 17 heavy (non-hydrogen) atoms. The number of aromatic nitrogens is 1. The monoisotopic (exact) mass is 244 g/mol. The van der Waals surface area contributed by atoms with Gasteiger partial charge in [-0.3, -0.25) is 4.79 Å². The molecule has 0 spiro atoms. The molecule has 0 aliphatic carbocycles. The Hall–Kier alpha value is -2.10. The lowest BCUT2D eigenvalue weighted by molar-refractivity contribution is -0.139. The molecule has 1 rings (SSSR count). The van der Waals surface area contributed by atoms with E-state index in [0.717, 1.165) is 7.11 Å². The Labute approximate surface area is 94.6 Å². The summed E-state index contributed by atoms with van der Waals surface area (Å²) in [5.41, 5.74) is -1.76. The molecule has 1 heterocycles. The number of rotatable bonds is 3. The van der Waals surface area contributed by atoms with Crippen molar-refractivity contribution in [1.29, 1.82) is 5.26 Å². The van der Waals surface area contributed by atoms with Crippen molar-refractivity contribution in [3.63, 3.8) is 0 Å². The SMILES string of the molecule is COC(=O)Cc1cc(F)nc(C#N)c1C(F)F. The summed E-state index contributed by atoms with van der Waals surface area (Å²) in [6.07, 6.45) is -3.55. The minimum absolute atomic E-state index is 0.295. The van der Waals surface area contributed by atoms with E-state index in [1.807, 2.05) is 0 Å². The van der Waals surface area contributed by atoms with Gasteiger partial charge in [0.2, 0.25) is 5.95 Å². The number of esters is 1. The summed E-state index contributed by atoms with van der Waals surface area (Å²) in [6, 6.07) is 2.06. The van der Waals surface area contributed by atoms with Crippen molar-refractivity contribution in [2.45, 2.75) is 12.8 Å². The molecule has 0 radical (unpaired) electrons. The van der Waals surface area contributed by atoms with Gasteiger partial charge >= 0.3 is 5.97 Å². The summed E-state index contributed by atoms with van der Waals surface area (Å²) < 4.78 is 42.6. The molecule has 0 amide bonds. The second-order valence-corrected chi connectivity index (χ2v) is 3.03. The summed E-state index contributed by atoms with van der Waals surface area (Å²) in [5, 5.41) is 8.58. The smallest absolute Gasteiger partial charge is 0.309 e. The predicted octanol–water partition coefficient (Wildman–Crippen LogP) is 1.75. The van der Waals surface area contributed by atoms with Crippen molar-refractivity contribution in [3.8, 4) is 6.07 Å². The van der Waals surface area contributed by atoms with Crippen molar-refractivity contribution in [3.05, 3.63) is 28.8 Å². The molecule has 0 aliphatic rings. The van der Waals surface area contributed by atoms with Crippen LogP contribution in [-0.2, 0) is 16.0 Å². The maximum atomic E-state index is 13.0. The highest BCUT2D eigenvalue weighted by Crippen LogP contribution is 2.26. The third-order valence-corrected chi connectivity index (χ3v) is 2.00. The van der Waals surface area contributed by atoms with E-state index in [1.54, 1.807) is 0 Å². The molecule has 0 unspecified atom stereocenters. The standard InChI is InChI=1S/C10H7F3N2O2/c1-17-8(16)3-5-2-7(11)15-6(4-14)9(5)10(12)13/h2,10H,3H2,1H3. The maximum Gasteiger partial charge on any atom is 0.309 e. The van der Waals surface area contributed by atoms with Gasteiger partial charge in [-0.15, -0.1) is 0 Å². The van der Waals surface area contributed by atoms with Gasteiger partial charge in [0.15, 0.2) is 5.69 Å². The van der Waals surface area contributed by atoms with Crippen LogP contribution in [0.2, 0.25) is 0 Å². The number of carbonyl (C=O) groups excluding carboxylic acids is 1. The molecule has 0 aromatic carbocycles. The first-order chi connectivity index (χ1) is 7.99. The molecule has 0 fully saturated rings. The maximum absolute atomic E-state index is 13.0. The van der Waals surface area contributed by atoms with Gasteiger partial charge in [0, 0.05) is 0 Å². The number of pyridine rings is 1. The molecule has 0 N–H and O–H groups in total. The summed E-state index contributed by atoms with van der Waals surface area (Å²) >= 11 is 0. The van der Waals surface area contributed by atoms with Gasteiger partial charge < -0.3 is 4.74 Å². The van der Waals surface area contributed by atoms with Crippen LogP contribution in [-0.4, -0.2) is 18.1 Å². The van der Waals surface area contributed by atoms with Crippen LogP contribution in [0.25, 0.3) is 0 Å². The molecule has 0 saturated carbocycles. The van der Waals surface area contributed by atoms with Crippen LogP contribution in [0.4, 0.5) is 13.2 Å². The highest BCUT2D eigenvalue weighted by molar-refractivity contribution is 5.73. The van der Waals surface area contributed by atoms with E-state index < -0.39 is 36.0 Å². The van der Waals surface area contributed by atoms with Crippen LogP contribution in [0.3, 0.4) is 0 Å². The lowest BCUT2D eigenvalue weighted by Gasteiger charge is -2.09. The molecule has 0 aliphatic heterocycles. The Morgan fingerprint density at radius 1 is 1.65 bits per heavy atom. The van der Waals surface area contributed by atoms with Gasteiger partial charge in [-0.1, -0.05) is 0 Å². The van der Waals surface area contributed by atoms with Gasteiger partial charge in [-0.25, -0.2) is 13.8 Å². The topological polar surface area (TPSA) is 63.0 Å². The highest BCUT2D eigenvalue weighted by Gasteiger charge is 2.22. The quantitative estimate of drug-likeness (QED) is 0.600.